The fraction of sp³-hybridized carbons (Fsp3) is 0.375. The third-order valence-corrected chi connectivity index (χ3v) is 5.51. The molecule has 2 aliphatic rings. The van der Waals surface area contributed by atoms with Crippen LogP contribution in [0.15, 0.2) is 48.2 Å². The average Bonchev–Trinajstić information content (AvgIpc) is 2.37. The lowest BCUT2D eigenvalue weighted by Gasteiger charge is -2.37. The Morgan fingerprint density at radius 3 is 2.43 bits per heavy atom. The number of benzene rings is 1. The van der Waals surface area contributed by atoms with Gasteiger partial charge in [-0.2, -0.15) is 4.39 Å². The predicted octanol–water partition coefficient (Wildman–Crippen LogP) is 3.03. The van der Waals surface area contributed by atoms with Crippen molar-refractivity contribution in [3.05, 3.63) is 53.7 Å². The first-order valence-corrected chi connectivity index (χ1v) is 8.95. The van der Waals surface area contributed by atoms with Crippen LogP contribution in [0, 0.1) is 5.92 Å². The van der Waals surface area contributed by atoms with Crippen molar-refractivity contribution in [2.45, 2.75) is 24.4 Å². The van der Waals surface area contributed by atoms with Gasteiger partial charge >= 0.3 is 0 Å². The molecule has 0 amide bonds. The number of alkyl halides is 1. The van der Waals surface area contributed by atoms with E-state index < -0.39 is 15.0 Å². The summed E-state index contributed by atoms with van der Waals surface area (Å²) in [4.78, 5) is 0. The second-order valence-electron chi connectivity index (χ2n) is 5.70. The summed E-state index contributed by atoms with van der Waals surface area (Å²) in [7, 11) is -3.88. The molecule has 1 aliphatic heterocycles. The van der Waals surface area contributed by atoms with E-state index in [0.29, 0.717) is 5.70 Å². The Kier molecular flexibility index (Phi) is 3.40. The SMILES string of the molecule is CS(=O)(=O)C1(F)C=CC(c2ccccc2)=C(C2CCC2)N1. The van der Waals surface area contributed by atoms with Crippen molar-refractivity contribution < 1.29 is 12.8 Å². The largest absolute Gasteiger partial charge is 0.340 e. The number of allylic oxidation sites excluding steroid dienone is 3. The fourth-order valence-electron chi connectivity index (χ4n) is 2.68. The minimum atomic E-state index is -3.88. The Morgan fingerprint density at radius 1 is 1.24 bits per heavy atom. The van der Waals surface area contributed by atoms with Crippen molar-refractivity contribution in [1.82, 2.24) is 5.32 Å². The average molecular weight is 307 g/mol. The summed E-state index contributed by atoms with van der Waals surface area (Å²) in [5.74, 6) is 0.210. The van der Waals surface area contributed by atoms with Crippen LogP contribution >= 0.6 is 0 Å². The van der Waals surface area contributed by atoms with E-state index in [1.807, 2.05) is 30.3 Å². The highest BCUT2D eigenvalue weighted by Crippen LogP contribution is 2.40. The van der Waals surface area contributed by atoms with E-state index in [1.165, 1.54) is 0 Å². The van der Waals surface area contributed by atoms with Crippen molar-refractivity contribution in [2.75, 3.05) is 6.26 Å². The van der Waals surface area contributed by atoms with Crippen LogP contribution in [0.2, 0.25) is 0 Å². The molecule has 0 spiro atoms. The van der Waals surface area contributed by atoms with E-state index in [4.69, 9.17) is 0 Å². The van der Waals surface area contributed by atoms with Crippen LogP contribution in [0.5, 0.6) is 0 Å². The topological polar surface area (TPSA) is 46.2 Å². The van der Waals surface area contributed by atoms with Crippen molar-refractivity contribution >= 4 is 15.4 Å². The maximum absolute atomic E-state index is 14.7. The highest BCUT2D eigenvalue weighted by atomic mass is 32.2. The van der Waals surface area contributed by atoms with E-state index in [2.05, 4.69) is 5.32 Å². The van der Waals surface area contributed by atoms with E-state index in [1.54, 1.807) is 6.08 Å². The molecule has 21 heavy (non-hydrogen) atoms. The maximum atomic E-state index is 14.7. The van der Waals surface area contributed by atoms with Crippen LogP contribution in [0.25, 0.3) is 5.57 Å². The third kappa shape index (κ3) is 2.50. The number of hydrogen-bond acceptors (Lipinski definition) is 3. The molecule has 5 heteroatoms. The van der Waals surface area contributed by atoms with Gasteiger partial charge in [0.1, 0.15) is 0 Å². The van der Waals surface area contributed by atoms with Gasteiger partial charge in [0.25, 0.3) is 5.12 Å². The van der Waals surface area contributed by atoms with Crippen molar-refractivity contribution in [1.29, 1.82) is 0 Å². The zero-order valence-electron chi connectivity index (χ0n) is 11.8. The number of rotatable bonds is 3. The summed E-state index contributed by atoms with van der Waals surface area (Å²) in [6.45, 7) is 0. The molecule has 1 saturated carbocycles. The number of dihydropyridines is 1. The Hall–Kier alpha value is -1.62. The van der Waals surface area contributed by atoms with Crippen LogP contribution in [0.4, 0.5) is 4.39 Å². The molecule has 3 nitrogen and oxygen atoms in total. The van der Waals surface area contributed by atoms with Gasteiger partial charge in [0.15, 0.2) is 0 Å². The smallest absolute Gasteiger partial charge is 0.300 e. The van der Waals surface area contributed by atoms with E-state index >= 15 is 0 Å². The fourth-order valence-corrected chi connectivity index (χ4v) is 3.29. The molecule has 1 aliphatic carbocycles. The molecule has 1 fully saturated rings. The predicted molar refractivity (Wildman–Crippen MR) is 81.7 cm³/mol. The van der Waals surface area contributed by atoms with Crippen LogP contribution < -0.4 is 5.32 Å². The van der Waals surface area contributed by atoms with Gasteiger partial charge < -0.3 is 5.32 Å². The minimum absolute atomic E-state index is 0.210. The van der Waals surface area contributed by atoms with E-state index in [9.17, 15) is 12.8 Å². The van der Waals surface area contributed by atoms with Gasteiger partial charge in [-0.3, -0.25) is 0 Å². The monoisotopic (exact) mass is 307 g/mol. The molecule has 1 unspecified atom stereocenters. The lowest BCUT2D eigenvalue weighted by Crippen LogP contribution is -2.49. The Labute approximate surface area is 124 Å². The van der Waals surface area contributed by atoms with Crippen LogP contribution in [0.3, 0.4) is 0 Å². The quantitative estimate of drug-likeness (QED) is 0.873. The highest BCUT2D eigenvalue weighted by Gasteiger charge is 2.43. The summed E-state index contributed by atoms with van der Waals surface area (Å²) >= 11 is 0. The third-order valence-electron chi connectivity index (χ3n) is 4.20. The minimum Gasteiger partial charge on any atom is -0.340 e. The zero-order valence-corrected chi connectivity index (χ0v) is 12.7. The van der Waals surface area contributed by atoms with Crippen LogP contribution in [-0.4, -0.2) is 19.8 Å². The summed E-state index contributed by atoms with van der Waals surface area (Å²) in [5, 5.41) is 0.155. The first kappa shape index (κ1) is 14.3. The first-order chi connectivity index (χ1) is 9.91. The Balaban J connectivity index is 2.06. The van der Waals surface area contributed by atoms with Crippen LogP contribution in [-0.2, 0) is 9.84 Å². The molecule has 0 aromatic heterocycles. The van der Waals surface area contributed by atoms with Crippen molar-refractivity contribution in [3.8, 4) is 0 Å². The molecule has 1 atom stereocenters. The van der Waals surface area contributed by atoms with Gasteiger partial charge in [0.05, 0.1) is 0 Å². The van der Waals surface area contributed by atoms with E-state index in [0.717, 1.165) is 42.7 Å². The molecule has 1 N–H and O–H groups in total. The molecule has 1 aromatic rings. The standard InChI is InChI=1S/C16H18FNO2S/c1-21(19,20)16(17)11-10-14(12-6-3-2-4-7-12)15(18-16)13-8-5-9-13/h2-4,6-7,10-11,13,18H,5,8-9H2,1H3. The van der Waals surface area contributed by atoms with Gasteiger partial charge in [0.2, 0.25) is 9.84 Å². The number of halogens is 1. The summed E-state index contributed by atoms with van der Waals surface area (Å²) < 4.78 is 38.1. The number of nitrogens with one attached hydrogen (secondary N) is 1. The summed E-state index contributed by atoms with van der Waals surface area (Å²) in [6.07, 6.45) is 6.64. The van der Waals surface area contributed by atoms with Crippen LogP contribution in [0.1, 0.15) is 24.8 Å². The molecular formula is C16H18FNO2S. The molecule has 3 rings (SSSR count). The van der Waals surface area contributed by atoms with Gasteiger partial charge in [-0.25, -0.2) is 8.42 Å². The molecule has 1 aromatic carbocycles. The molecule has 0 radical (unpaired) electrons. The van der Waals surface area contributed by atoms with E-state index in [-0.39, 0.29) is 5.92 Å². The second kappa shape index (κ2) is 4.98. The van der Waals surface area contributed by atoms with Gasteiger partial charge in [-0.1, -0.05) is 42.8 Å². The summed E-state index contributed by atoms with van der Waals surface area (Å²) in [6, 6.07) is 9.66. The van der Waals surface area contributed by atoms with Gasteiger partial charge in [0, 0.05) is 17.5 Å². The number of hydrogen-bond donors (Lipinski definition) is 1. The molecule has 112 valence electrons. The Bertz CT molecular complexity index is 705. The molecule has 0 bridgehead atoms. The second-order valence-corrected chi connectivity index (χ2v) is 7.84. The normalized spacial score (nSPS) is 26.4. The molecule has 0 saturated heterocycles. The van der Waals surface area contributed by atoms with Crippen molar-refractivity contribution in [3.63, 3.8) is 0 Å². The number of sulfone groups is 1. The Morgan fingerprint density at radius 2 is 1.90 bits per heavy atom. The van der Waals surface area contributed by atoms with Gasteiger partial charge in [-0.05, 0) is 30.4 Å². The van der Waals surface area contributed by atoms with Gasteiger partial charge in [-0.15, -0.1) is 0 Å². The highest BCUT2D eigenvalue weighted by molar-refractivity contribution is 7.92. The lowest BCUT2D eigenvalue weighted by molar-refractivity contribution is 0.257. The summed E-state index contributed by atoms with van der Waals surface area (Å²) in [5.41, 5.74) is 2.57. The molecular weight excluding hydrogens is 289 g/mol. The lowest BCUT2D eigenvalue weighted by atomic mass is 9.79. The first-order valence-electron chi connectivity index (χ1n) is 7.06. The molecule has 1 heterocycles. The zero-order chi connectivity index (χ0) is 15.1. The van der Waals surface area contributed by atoms with Crippen molar-refractivity contribution in [2.24, 2.45) is 5.92 Å². The maximum Gasteiger partial charge on any atom is 0.300 e.